The van der Waals surface area contributed by atoms with Gasteiger partial charge in [0.25, 0.3) is 0 Å². The van der Waals surface area contributed by atoms with Gasteiger partial charge >= 0.3 is 39.5 Å². The first kappa shape index (κ1) is 98.1. The first-order chi connectivity index (χ1) is 48.2. The number of hydrogen-bond acceptors (Lipinski definition) is 15. The second kappa shape index (κ2) is 70.1. The fourth-order valence-corrected chi connectivity index (χ4v) is 13.9. The molecule has 19 heteroatoms. The minimum absolute atomic E-state index is 0.105. The van der Waals surface area contributed by atoms with Crippen molar-refractivity contribution in [2.75, 3.05) is 39.6 Å². The zero-order valence-electron chi connectivity index (χ0n) is 65.8. The van der Waals surface area contributed by atoms with E-state index in [0.29, 0.717) is 31.6 Å². The molecule has 0 bridgehead atoms. The molecule has 0 heterocycles. The van der Waals surface area contributed by atoms with Gasteiger partial charge in [0.15, 0.2) is 12.2 Å². The SMILES string of the molecule is CCC(C)CCCCCCCCCCCCCCCCCCCCC(=O)OC[C@H](COP(=O)(O)OC[C@@H](O)COP(=O)(O)OC[C@@H](COC(=O)CCCCCCCCC(C)CC)OC(=O)CCCCCCCCCCCCCCCCC(C)C)OC(=O)CCCCCCCCCCC(C)C. The monoisotopic (exact) mass is 1470 g/mol. The Morgan fingerprint density at radius 2 is 0.480 bits per heavy atom. The van der Waals surface area contributed by atoms with Crippen LogP contribution in [0.25, 0.3) is 0 Å². The lowest BCUT2D eigenvalue weighted by Crippen LogP contribution is -2.30. The summed E-state index contributed by atoms with van der Waals surface area (Å²) in [6.07, 6.45) is 57.1. The molecule has 100 heavy (non-hydrogen) atoms. The van der Waals surface area contributed by atoms with Crippen LogP contribution in [-0.4, -0.2) is 96.7 Å². The molecule has 0 radical (unpaired) electrons. The Hall–Kier alpha value is -1.94. The number of ether oxygens (including phenoxy) is 4. The van der Waals surface area contributed by atoms with Crippen molar-refractivity contribution < 1.29 is 80.2 Å². The van der Waals surface area contributed by atoms with Crippen molar-refractivity contribution in [3.05, 3.63) is 0 Å². The predicted molar refractivity (Wildman–Crippen MR) is 409 cm³/mol. The van der Waals surface area contributed by atoms with Crippen molar-refractivity contribution in [3.8, 4) is 0 Å². The average molecular weight is 1470 g/mol. The second-order valence-electron chi connectivity index (χ2n) is 30.6. The summed E-state index contributed by atoms with van der Waals surface area (Å²) < 4.78 is 68.6. The molecule has 0 rings (SSSR count). The van der Waals surface area contributed by atoms with E-state index in [-0.39, 0.29) is 25.7 Å². The topological polar surface area (TPSA) is 237 Å². The van der Waals surface area contributed by atoms with Crippen LogP contribution in [0.15, 0.2) is 0 Å². The molecule has 0 aliphatic carbocycles. The van der Waals surface area contributed by atoms with Crippen LogP contribution in [0.3, 0.4) is 0 Å². The predicted octanol–water partition coefficient (Wildman–Crippen LogP) is 24.0. The normalized spacial score (nSPS) is 14.6. The highest BCUT2D eigenvalue weighted by molar-refractivity contribution is 7.47. The van der Waals surface area contributed by atoms with E-state index >= 15 is 0 Å². The highest BCUT2D eigenvalue weighted by Gasteiger charge is 2.30. The van der Waals surface area contributed by atoms with Crippen molar-refractivity contribution >= 4 is 39.5 Å². The molecule has 0 amide bonds. The van der Waals surface area contributed by atoms with E-state index in [0.717, 1.165) is 114 Å². The Bertz CT molecular complexity index is 1960. The number of carbonyl (C=O) groups is 4. The van der Waals surface area contributed by atoms with Crippen LogP contribution >= 0.6 is 15.6 Å². The van der Waals surface area contributed by atoms with Crippen LogP contribution < -0.4 is 0 Å². The molecule has 0 saturated carbocycles. The molecular weight excluding hydrogens is 1310 g/mol. The lowest BCUT2D eigenvalue weighted by atomic mass is 9.99. The third-order valence-corrected chi connectivity index (χ3v) is 21.4. The maximum Gasteiger partial charge on any atom is 0.472 e. The van der Waals surface area contributed by atoms with E-state index < -0.39 is 97.5 Å². The Labute approximate surface area is 613 Å². The number of phosphoric ester groups is 2. The second-order valence-corrected chi connectivity index (χ2v) is 33.5. The zero-order valence-corrected chi connectivity index (χ0v) is 67.6. The number of carbonyl (C=O) groups excluding carboxylic acids is 4. The smallest absolute Gasteiger partial charge is 0.462 e. The number of phosphoric acid groups is 2. The highest BCUT2D eigenvalue weighted by Crippen LogP contribution is 2.45. The summed E-state index contributed by atoms with van der Waals surface area (Å²) >= 11 is 0. The molecule has 594 valence electrons. The summed E-state index contributed by atoms with van der Waals surface area (Å²) in [5, 5.41) is 10.6. The fourth-order valence-electron chi connectivity index (χ4n) is 12.4. The molecule has 0 aliphatic rings. The molecule has 0 aromatic carbocycles. The van der Waals surface area contributed by atoms with Crippen LogP contribution in [0.1, 0.15) is 415 Å². The Kier molecular flexibility index (Phi) is 68.7. The van der Waals surface area contributed by atoms with Crippen molar-refractivity contribution in [1.29, 1.82) is 0 Å². The Morgan fingerprint density at radius 3 is 0.710 bits per heavy atom. The number of unbranched alkanes of at least 4 members (excludes halogenated alkanes) is 42. The maximum atomic E-state index is 13.1. The quantitative estimate of drug-likeness (QED) is 0.0222. The number of esters is 4. The van der Waals surface area contributed by atoms with Crippen molar-refractivity contribution in [2.24, 2.45) is 23.7 Å². The Morgan fingerprint density at radius 1 is 0.280 bits per heavy atom. The van der Waals surface area contributed by atoms with E-state index in [9.17, 15) is 43.2 Å². The highest BCUT2D eigenvalue weighted by atomic mass is 31.2. The van der Waals surface area contributed by atoms with Gasteiger partial charge in [-0.1, -0.05) is 364 Å². The molecule has 4 unspecified atom stereocenters. The summed E-state index contributed by atoms with van der Waals surface area (Å²) in [5.41, 5.74) is 0. The number of rotatable bonds is 78. The van der Waals surface area contributed by atoms with Gasteiger partial charge in [0.1, 0.15) is 19.3 Å². The van der Waals surface area contributed by atoms with Crippen molar-refractivity contribution in [1.82, 2.24) is 0 Å². The molecule has 3 N–H and O–H groups in total. The van der Waals surface area contributed by atoms with Crippen molar-refractivity contribution in [2.45, 2.75) is 433 Å². The molecule has 0 aromatic heterocycles. The van der Waals surface area contributed by atoms with Gasteiger partial charge < -0.3 is 33.8 Å². The minimum Gasteiger partial charge on any atom is -0.462 e. The van der Waals surface area contributed by atoms with Crippen LogP contribution in [0.5, 0.6) is 0 Å². The van der Waals surface area contributed by atoms with Gasteiger partial charge in [-0.2, -0.15) is 0 Å². The number of hydrogen-bond donors (Lipinski definition) is 3. The van der Waals surface area contributed by atoms with E-state index in [4.69, 9.17) is 37.0 Å². The van der Waals surface area contributed by atoms with Crippen LogP contribution in [0.4, 0.5) is 0 Å². The third-order valence-electron chi connectivity index (χ3n) is 19.5. The summed E-state index contributed by atoms with van der Waals surface area (Å²) in [6.45, 7) is 14.2. The largest absolute Gasteiger partial charge is 0.472 e. The molecule has 0 saturated heterocycles. The van der Waals surface area contributed by atoms with Gasteiger partial charge in [0.2, 0.25) is 0 Å². The average Bonchev–Trinajstić information content (AvgIpc) is 1.16. The lowest BCUT2D eigenvalue weighted by molar-refractivity contribution is -0.161. The van der Waals surface area contributed by atoms with Crippen molar-refractivity contribution in [3.63, 3.8) is 0 Å². The maximum absolute atomic E-state index is 13.1. The van der Waals surface area contributed by atoms with Gasteiger partial charge in [-0.05, 0) is 49.4 Å². The minimum atomic E-state index is -4.96. The van der Waals surface area contributed by atoms with E-state index in [1.807, 2.05) is 0 Å². The number of aliphatic hydroxyl groups excluding tert-OH is 1. The summed E-state index contributed by atoms with van der Waals surface area (Å²) in [4.78, 5) is 72.9. The molecule has 0 aromatic rings. The molecule has 0 aliphatic heterocycles. The molecule has 0 fully saturated rings. The first-order valence-corrected chi connectivity index (χ1v) is 44.8. The molecule has 7 atom stereocenters. The van der Waals surface area contributed by atoms with Gasteiger partial charge in [-0.25, -0.2) is 9.13 Å². The summed E-state index contributed by atoms with van der Waals surface area (Å²) in [5.74, 6) is 1.000. The van der Waals surface area contributed by atoms with E-state index in [2.05, 4.69) is 55.4 Å². The zero-order chi connectivity index (χ0) is 73.8. The van der Waals surface area contributed by atoms with Gasteiger partial charge in [0.05, 0.1) is 26.4 Å². The van der Waals surface area contributed by atoms with E-state index in [1.54, 1.807) is 0 Å². The van der Waals surface area contributed by atoms with Gasteiger partial charge in [-0.3, -0.25) is 37.3 Å². The van der Waals surface area contributed by atoms with Crippen LogP contribution in [-0.2, 0) is 65.4 Å². The van der Waals surface area contributed by atoms with Gasteiger partial charge in [0, 0.05) is 25.7 Å². The van der Waals surface area contributed by atoms with Gasteiger partial charge in [-0.15, -0.1) is 0 Å². The Balaban J connectivity index is 5.15. The van der Waals surface area contributed by atoms with Crippen LogP contribution in [0, 0.1) is 23.7 Å². The fraction of sp³-hybridized carbons (Fsp3) is 0.951. The van der Waals surface area contributed by atoms with Crippen LogP contribution in [0.2, 0.25) is 0 Å². The third kappa shape index (κ3) is 71.7. The molecular formula is C81H158O17P2. The lowest BCUT2D eigenvalue weighted by Gasteiger charge is -2.21. The molecule has 0 spiro atoms. The standard InChI is InChI=1S/C81H158O17P2/c1-9-73(7)59-51-43-35-28-24-20-15-13-11-12-14-16-21-25-29-36-45-53-61-78(83)91-67-76(98-81(86)64-56-48-38-32-31-34-42-50-58-72(5)6)69-95-99(87,88)93-65-75(82)66-94-100(89,90)96-70-77(68-92-79(84)62-54-46-40-39-44-52-60-74(8)10-2)97-80(85)63-55-47-37-30-26-22-18-17-19-23-27-33-41-49-57-71(3)4/h71-77,82H,9-70H2,1-8H3,(H,87,88)(H,89,90)/t73?,74?,75-,76-,77-/m1/s1. The first-order valence-electron chi connectivity index (χ1n) is 41.8. The van der Waals surface area contributed by atoms with E-state index in [1.165, 1.54) is 212 Å². The summed E-state index contributed by atoms with van der Waals surface area (Å²) in [6, 6.07) is 0. The molecule has 17 nitrogen and oxygen atoms in total. The number of aliphatic hydroxyl groups is 1. The summed E-state index contributed by atoms with van der Waals surface area (Å²) in [7, 11) is -9.92.